The lowest BCUT2D eigenvalue weighted by Crippen LogP contribution is -2.20. The predicted octanol–water partition coefficient (Wildman–Crippen LogP) is 4.09. The lowest BCUT2D eigenvalue weighted by atomic mass is 9.84. The summed E-state index contributed by atoms with van der Waals surface area (Å²) in [5.41, 5.74) is 2.55. The van der Waals surface area contributed by atoms with Crippen LogP contribution in [0.25, 0.3) is 10.9 Å². The first-order chi connectivity index (χ1) is 15.8. The van der Waals surface area contributed by atoms with Crippen LogP contribution in [0.5, 0.6) is 0 Å². The summed E-state index contributed by atoms with van der Waals surface area (Å²) in [5.74, 6) is -1.99. The quantitative estimate of drug-likeness (QED) is 0.538. The molecule has 7 nitrogen and oxygen atoms in total. The van der Waals surface area contributed by atoms with Gasteiger partial charge >= 0.3 is 5.97 Å². The molecule has 3 aromatic rings. The van der Waals surface area contributed by atoms with E-state index < -0.39 is 37.5 Å². The van der Waals surface area contributed by atoms with Crippen LogP contribution in [0.1, 0.15) is 55.0 Å². The third-order valence-corrected chi connectivity index (χ3v) is 8.78. The first-order valence-electron chi connectivity index (χ1n) is 10.9. The molecule has 0 fully saturated rings. The van der Waals surface area contributed by atoms with E-state index >= 15 is 0 Å². The van der Waals surface area contributed by atoms with Gasteiger partial charge in [-0.25, -0.2) is 21.2 Å². The molecule has 0 amide bonds. The van der Waals surface area contributed by atoms with E-state index in [4.69, 9.17) is 0 Å². The Morgan fingerprint density at radius 2 is 1.76 bits per heavy atom. The summed E-state index contributed by atoms with van der Waals surface area (Å²) >= 11 is 0. The van der Waals surface area contributed by atoms with Crippen molar-refractivity contribution in [1.82, 2.24) is 4.57 Å². The van der Waals surface area contributed by atoms with Gasteiger partial charge in [0.05, 0.1) is 27.8 Å². The van der Waals surface area contributed by atoms with Gasteiger partial charge in [-0.2, -0.15) is 0 Å². The van der Waals surface area contributed by atoms with Crippen molar-refractivity contribution >= 4 is 36.5 Å². The zero-order valence-corrected chi connectivity index (χ0v) is 20.7. The number of aromatic nitrogens is 1. The minimum atomic E-state index is -3.81. The number of benzene rings is 2. The number of carbonyl (C=O) groups is 1. The summed E-state index contributed by atoms with van der Waals surface area (Å²) in [5, 5.41) is 10.0. The molecule has 0 aliphatic heterocycles. The number of fused-ring (bicyclic) bond motifs is 3. The Hall–Kier alpha value is -2.72. The van der Waals surface area contributed by atoms with E-state index in [9.17, 15) is 31.1 Å². The van der Waals surface area contributed by atoms with E-state index in [0.29, 0.717) is 35.9 Å². The lowest BCUT2D eigenvalue weighted by molar-refractivity contribution is -0.137. The smallest absolute Gasteiger partial charge is 0.304 e. The molecular formula is C24H26FNO6S2. The first kappa shape index (κ1) is 24.4. The molecule has 2 atom stereocenters. The molecule has 0 spiro atoms. The number of nitrogens with zero attached hydrogens (tertiary/aromatic N) is 1. The second-order valence-corrected chi connectivity index (χ2v) is 13.0. The molecule has 1 aromatic heterocycles. The van der Waals surface area contributed by atoms with Crippen LogP contribution < -0.4 is 0 Å². The number of aliphatic carboxylic acids is 1. The number of aryl methyl sites for hydroxylation is 1. The summed E-state index contributed by atoms with van der Waals surface area (Å²) < 4.78 is 65.5. The Labute approximate surface area is 198 Å². The highest BCUT2D eigenvalue weighted by Gasteiger charge is 2.33. The van der Waals surface area contributed by atoms with Gasteiger partial charge in [0.25, 0.3) is 0 Å². The second-order valence-electron chi connectivity index (χ2n) is 9.01. The van der Waals surface area contributed by atoms with Crippen molar-refractivity contribution in [3.8, 4) is 0 Å². The van der Waals surface area contributed by atoms with Crippen LogP contribution in [-0.2, 0) is 30.9 Å². The Morgan fingerprint density at radius 3 is 2.32 bits per heavy atom. The maximum atomic E-state index is 14.6. The van der Waals surface area contributed by atoms with Crippen LogP contribution in [0, 0.1) is 5.82 Å². The zero-order chi connectivity index (χ0) is 25.0. The minimum Gasteiger partial charge on any atom is -0.481 e. The van der Waals surface area contributed by atoms with Crippen molar-refractivity contribution in [1.29, 1.82) is 0 Å². The second kappa shape index (κ2) is 8.49. The van der Waals surface area contributed by atoms with E-state index in [2.05, 4.69) is 0 Å². The number of hydrogen-bond acceptors (Lipinski definition) is 5. The Bertz CT molecular complexity index is 1510. The molecule has 34 heavy (non-hydrogen) atoms. The predicted molar refractivity (Wildman–Crippen MR) is 126 cm³/mol. The topological polar surface area (TPSA) is 111 Å². The summed E-state index contributed by atoms with van der Waals surface area (Å²) in [7, 11) is -7.21. The van der Waals surface area contributed by atoms with Crippen molar-refractivity contribution in [2.75, 3.05) is 12.5 Å². The fourth-order valence-electron chi connectivity index (χ4n) is 5.06. The molecule has 1 N–H and O–H groups in total. The van der Waals surface area contributed by atoms with Crippen LogP contribution in [-0.4, -0.2) is 45.0 Å². The summed E-state index contributed by atoms with van der Waals surface area (Å²) in [6.45, 7) is 1.84. The molecule has 2 unspecified atom stereocenters. The summed E-state index contributed by atoms with van der Waals surface area (Å²) in [6.07, 6.45) is 3.93. The van der Waals surface area contributed by atoms with Crippen molar-refractivity contribution in [2.45, 2.75) is 54.4 Å². The van der Waals surface area contributed by atoms with Gasteiger partial charge in [0.2, 0.25) is 0 Å². The van der Waals surface area contributed by atoms with E-state index in [1.54, 1.807) is 12.1 Å². The fourth-order valence-corrected chi connectivity index (χ4v) is 6.58. The van der Waals surface area contributed by atoms with Gasteiger partial charge in [0, 0.05) is 29.5 Å². The molecule has 1 heterocycles. The van der Waals surface area contributed by atoms with Crippen molar-refractivity contribution < 1.29 is 31.1 Å². The van der Waals surface area contributed by atoms with Crippen LogP contribution in [0.4, 0.5) is 4.39 Å². The molecule has 0 saturated heterocycles. The third kappa shape index (κ3) is 4.36. The minimum absolute atomic E-state index is 0.125. The van der Waals surface area contributed by atoms with E-state index in [-0.39, 0.29) is 22.1 Å². The van der Waals surface area contributed by atoms with Crippen LogP contribution >= 0.6 is 0 Å². The number of sulfone groups is 2. The number of carboxylic acid groups (broad SMARTS) is 1. The standard InChI is InChI=1S/C24H26FNO6S2/c1-14(15-7-9-18(10-8-15)33(2,29)30)26-23-16(11-22(27)28)5-4-6-19(23)20-12-17(25)13-21(24(20)26)34(3,31)32/h7-10,12-14,16H,4-6,11H2,1-3H3,(H,27,28). The average Bonchev–Trinajstić information content (AvgIpc) is 3.06. The first-order valence-corrected chi connectivity index (χ1v) is 14.7. The number of carboxylic acids is 1. The molecule has 182 valence electrons. The van der Waals surface area contributed by atoms with Gasteiger partial charge in [-0.15, -0.1) is 0 Å². The molecule has 0 bridgehead atoms. The number of rotatable bonds is 6. The molecule has 2 aromatic carbocycles. The molecule has 4 rings (SSSR count). The van der Waals surface area contributed by atoms with Crippen LogP contribution in [0.2, 0.25) is 0 Å². The lowest BCUT2D eigenvalue weighted by Gasteiger charge is -2.28. The van der Waals surface area contributed by atoms with Crippen molar-refractivity contribution in [3.63, 3.8) is 0 Å². The maximum Gasteiger partial charge on any atom is 0.304 e. The molecule has 1 aliphatic rings. The van der Waals surface area contributed by atoms with Crippen LogP contribution in [0.15, 0.2) is 46.2 Å². The van der Waals surface area contributed by atoms with Gasteiger partial charge in [-0.3, -0.25) is 4.79 Å². The normalized spacial score (nSPS) is 17.5. The van der Waals surface area contributed by atoms with Gasteiger partial charge in [-0.05, 0) is 61.6 Å². The molecule has 0 radical (unpaired) electrons. The Kier molecular flexibility index (Phi) is 6.10. The third-order valence-electron chi connectivity index (χ3n) is 6.54. The van der Waals surface area contributed by atoms with Gasteiger partial charge in [-0.1, -0.05) is 12.1 Å². The summed E-state index contributed by atoms with van der Waals surface area (Å²) in [6, 6.07) is 8.18. The Morgan fingerprint density at radius 1 is 1.12 bits per heavy atom. The van der Waals surface area contributed by atoms with Gasteiger partial charge < -0.3 is 9.67 Å². The van der Waals surface area contributed by atoms with Gasteiger partial charge in [0.1, 0.15) is 5.82 Å². The SMILES string of the molecule is CC(c1ccc(S(C)(=O)=O)cc1)n1c2c(c3cc(F)cc(S(C)(=O)=O)c31)CCCC2CC(=O)O. The van der Waals surface area contributed by atoms with Gasteiger partial charge in [0.15, 0.2) is 19.7 Å². The largest absolute Gasteiger partial charge is 0.481 e. The number of hydrogen-bond donors (Lipinski definition) is 1. The molecule has 10 heteroatoms. The molecule has 0 saturated carbocycles. The average molecular weight is 508 g/mol. The van der Waals surface area contributed by atoms with Crippen LogP contribution in [0.3, 0.4) is 0 Å². The van der Waals surface area contributed by atoms with E-state index in [0.717, 1.165) is 29.7 Å². The van der Waals surface area contributed by atoms with E-state index in [1.807, 2.05) is 11.5 Å². The van der Waals surface area contributed by atoms with Crippen molar-refractivity contribution in [2.24, 2.45) is 0 Å². The van der Waals surface area contributed by atoms with Crippen molar-refractivity contribution in [3.05, 3.63) is 59.0 Å². The molecule has 1 aliphatic carbocycles. The highest BCUT2D eigenvalue weighted by atomic mass is 32.2. The highest BCUT2D eigenvalue weighted by molar-refractivity contribution is 7.91. The molecular weight excluding hydrogens is 481 g/mol. The highest BCUT2D eigenvalue weighted by Crippen LogP contribution is 2.44. The zero-order valence-electron chi connectivity index (χ0n) is 19.1. The monoisotopic (exact) mass is 507 g/mol. The fraction of sp³-hybridized carbons (Fsp3) is 0.375. The summed E-state index contributed by atoms with van der Waals surface area (Å²) in [4.78, 5) is 11.6. The maximum absolute atomic E-state index is 14.6. The van der Waals surface area contributed by atoms with E-state index in [1.165, 1.54) is 18.2 Å². The Balaban J connectivity index is 2.05. The number of halogens is 1.